The molecular formula is C20H54S4Si8. The summed E-state index contributed by atoms with van der Waals surface area (Å²) < 4.78 is 1.59. The van der Waals surface area contributed by atoms with Crippen molar-refractivity contribution in [3.63, 3.8) is 0 Å². The third-order valence-electron chi connectivity index (χ3n) is 7.90. The van der Waals surface area contributed by atoms with Crippen LogP contribution in [0.15, 0.2) is 0 Å². The lowest BCUT2D eigenvalue weighted by Gasteiger charge is -2.78. The van der Waals surface area contributed by atoms with Gasteiger partial charge in [0, 0.05) is 0 Å². The molecule has 3 rings (SSSR count). The standard InChI is InChI=1S/C20H54S4Si8/c1-27(2,3)19(28(4,5)6,29(7,8)9)23-21-22-24(25-23,26-23)20(30(10,11)12,31(13,14)15)32(16,17)18/h1-18H3. The third kappa shape index (κ3) is 3.86. The molecule has 3 fully saturated rings. The summed E-state index contributed by atoms with van der Waals surface area (Å²) in [6.45, 7) is 50.5. The van der Waals surface area contributed by atoms with E-state index in [1.807, 2.05) is 0 Å². The van der Waals surface area contributed by atoms with Gasteiger partial charge in [0.2, 0.25) is 0 Å². The Morgan fingerprint density at radius 1 is 0.375 bits per heavy atom. The molecule has 2 bridgehead atoms. The Kier molecular flexibility index (Phi) is 8.15. The lowest BCUT2D eigenvalue weighted by atomic mass is 11.6. The van der Waals surface area contributed by atoms with Crippen molar-refractivity contribution in [2.24, 2.45) is 0 Å². The van der Waals surface area contributed by atoms with Crippen LogP contribution in [-0.4, -0.2) is 71.3 Å². The van der Waals surface area contributed by atoms with E-state index in [-0.39, 0.29) is 0 Å². The van der Waals surface area contributed by atoms with Gasteiger partial charge < -0.3 is 0 Å². The molecule has 32 heavy (non-hydrogen) atoms. The first kappa shape index (κ1) is 31.4. The number of hydrogen-bond donors (Lipinski definition) is 0. The zero-order chi connectivity index (χ0) is 25.8. The zero-order valence-electron chi connectivity index (χ0n) is 24.6. The summed E-state index contributed by atoms with van der Waals surface area (Å²) in [4.78, 5) is 0. The van der Waals surface area contributed by atoms with E-state index in [1.165, 1.54) is 15.6 Å². The number of hydrogen-bond acceptors (Lipinski definition) is 2. The Morgan fingerprint density at radius 3 is 0.656 bits per heavy atom. The van der Waals surface area contributed by atoms with Crippen LogP contribution in [0.25, 0.3) is 0 Å². The minimum absolute atomic E-state index is 0.534. The summed E-state index contributed by atoms with van der Waals surface area (Å²) in [6, 6.07) is 0. The Bertz CT molecular complexity index is 604. The molecule has 3 aliphatic heterocycles. The van der Waals surface area contributed by atoms with Crippen LogP contribution in [0, 0.1) is 0 Å². The average molecular weight is 648 g/mol. The molecule has 0 nitrogen and oxygen atoms in total. The summed E-state index contributed by atoms with van der Waals surface area (Å²) in [7, 11) is -1.18. The maximum Gasteiger partial charge on any atom is 0.175 e. The second kappa shape index (κ2) is 8.32. The molecule has 3 aliphatic rings. The molecule has 12 heteroatoms. The number of rotatable bonds is 8. The van der Waals surface area contributed by atoms with Crippen molar-refractivity contribution in [1.29, 1.82) is 0 Å². The van der Waals surface area contributed by atoms with Crippen LogP contribution in [0.1, 0.15) is 0 Å². The van der Waals surface area contributed by atoms with Crippen LogP contribution in [0.2, 0.25) is 118 Å². The van der Waals surface area contributed by atoms with Gasteiger partial charge in [-0.05, 0) is 26.9 Å². The van der Waals surface area contributed by atoms with Crippen molar-refractivity contribution in [2.75, 3.05) is 0 Å². The molecule has 0 atom stereocenters. The van der Waals surface area contributed by atoms with Crippen molar-refractivity contribution in [3.8, 4) is 0 Å². The van der Waals surface area contributed by atoms with Gasteiger partial charge in [0.25, 0.3) is 0 Å². The second-order valence-electron chi connectivity index (χ2n) is 16.3. The van der Waals surface area contributed by atoms with Crippen LogP contribution >= 0.6 is 35.6 Å². The smallest absolute Gasteiger partial charge is 0.175 e. The molecule has 0 amide bonds. The second-order valence-corrected chi connectivity index (χ2v) is 80.6. The Morgan fingerprint density at radius 2 is 0.531 bits per heavy atom. The van der Waals surface area contributed by atoms with Crippen molar-refractivity contribution < 1.29 is 0 Å². The van der Waals surface area contributed by atoms with Crippen molar-refractivity contribution >= 4 is 99.6 Å². The maximum atomic E-state index is 2.81. The Hall–Kier alpha value is 3.14. The molecule has 0 aromatic carbocycles. The van der Waals surface area contributed by atoms with Gasteiger partial charge in [-0.1, -0.05) is 118 Å². The van der Waals surface area contributed by atoms with Crippen LogP contribution in [0.3, 0.4) is 0 Å². The van der Waals surface area contributed by atoms with E-state index in [2.05, 4.69) is 137 Å². The highest BCUT2D eigenvalue weighted by Crippen LogP contribution is 3.05. The van der Waals surface area contributed by atoms with E-state index in [0.29, 0.717) is 0 Å². The predicted octanol–water partition coefficient (Wildman–Crippen LogP) is 9.64. The molecule has 4 radical (unpaired) electrons. The average Bonchev–Trinajstić information content (AvgIpc) is 2.83. The fraction of sp³-hybridized carbons (Fsp3) is 1.00. The van der Waals surface area contributed by atoms with Gasteiger partial charge in [-0.15, -0.1) is 0 Å². The van der Waals surface area contributed by atoms with Gasteiger partial charge in [-0.3, -0.25) is 0 Å². The number of fused-ring (bicyclic) bond motifs is 1. The van der Waals surface area contributed by atoms with E-state index < -0.39 is 64.4 Å². The van der Waals surface area contributed by atoms with Gasteiger partial charge in [-0.2, -0.15) is 15.9 Å². The molecular weight excluding hydrogens is 593 g/mol. The summed E-state index contributed by atoms with van der Waals surface area (Å²) in [5.74, 6) is 0. The summed E-state index contributed by atoms with van der Waals surface area (Å²) in [5, 5.41) is 0. The van der Waals surface area contributed by atoms with Gasteiger partial charge in [-0.25, -0.2) is 0 Å². The molecule has 190 valence electrons. The highest BCUT2D eigenvalue weighted by atomic mass is 33.9. The molecule has 0 spiro atoms. The lowest BCUT2D eigenvalue weighted by molar-refractivity contribution is 1.28. The first-order valence-corrected chi connectivity index (χ1v) is 44.6. The quantitative estimate of drug-likeness (QED) is 0.190. The lowest BCUT2D eigenvalue weighted by Crippen LogP contribution is -2.84. The minimum Gasteiger partial charge on any atom is -0.194 e. The summed E-state index contributed by atoms with van der Waals surface area (Å²) in [6.07, 6.45) is 0. The van der Waals surface area contributed by atoms with Gasteiger partial charge in [0.15, 0.2) is 15.6 Å². The van der Waals surface area contributed by atoms with E-state index in [1.54, 1.807) is 0 Å². The molecule has 0 aromatic heterocycles. The SMILES string of the molecule is C[Si](C)(C)C([Si](C)(C)C)([Si](C)(C)C)S12[Si]S(C([Si](C)(C)C)([Si](C)(C)C)[Si](C)(C)C)([Si]1)SS2. The molecule has 0 unspecified atom stereocenters. The molecule has 0 aromatic rings. The molecule has 0 aliphatic carbocycles. The Labute approximate surface area is 222 Å². The highest BCUT2D eigenvalue weighted by Gasteiger charge is 2.82. The summed E-state index contributed by atoms with van der Waals surface area (Å²) >= 11 is 0. The van der Waals surface area contributed by atoms with E-state index >= 15 is 0 Å². The van der Waals surface area contributed by atoms with Crippen molar-refractivity contribution in [3.05, 3.63) is 0 Å². The van der Waals surface area contributed by atoms with Crippen LogP contribution < -0.4 is 0 Å². The molecule has 0 N–H and O–H groups in total. The first-order valence-electron chi connectivity index (χ1n) is 12.2. The monoisotopic (exact) mass is 646 g/mol. The normalized spacial score (nSPS) is 32.7. The van der Waals surface area contributed by atoms with Crippen molar-refractivity contribution in [1.82, 2.24) is 0 Å². The zero-order valence-corrected chi connectivity index (χ0v) is 35.9. The van der Waals surface area contributed by atoms with E-state index in [9.17, 15) is 0 Å². The Balaban J connectivity index is 2.87. The fourth-order valence-electron chi connectivity index (χ4n) is 10.2. The molecule has 3 heterocycles. The van der Waals surface area contributed by atoms with E-state index in [4.69, 9.17) is 0 Å². The topological polar surface area (TPSA) is 0 Å². The fourth-order valence-corrected chi connectivity index (χ4v) is 228. The largest absolute Gasteiger partial charge is 0.194 e. The van der Waals surface area contributed by atoms with Crippen LogP contribution in [0.4, 0.5) is 0 Å². The summed E-state index contributed by atoms with van der Waals surface area (Å²) in [5.41, 5.74) is 0. The van der Waals surface area contributed by atoms with Crippen molar-refractivity contribution in [2.45, 2.75) is 125 Å². The van der Waals surface area contributed by atoms with Crippen LogP contribution in [-0.2, 0) is 0 Å². The predicted molar refractivity (Wildman–Crippen MR) is 187 cm³/mol. The minimum atomic E-state index is -1.35. The highest BCUT2D eigenvalue weighted by molar-refractivity contribution is 9.69. The van der Waals surface area contributed by atoms with Gasteiger partial charge >= 0.3 is 0 Å². The van der Waals surface area contributed by atoms with Gasteiger partial charge in [0.05, 0.1) is 48.4 Å². The molecule has 0 saturated carbocycles. The molecule has 3 saturated heterocycles. The van der Waals surface area contributed by atoms with Crippen LogP contribution in [0.5, 0.6) is 0 Å². The third-order valence-corrected chi connectivity index (χ3v) is 124. The van der Waals surface area contributed by atoms with Gasteiger partial charge in [0.1, 0.15) is 0 Å². The maximum absolute atomic E-state index is 2.81. The van der Waals surface area contributed by atoms with E-state index in [0.717, 1.165) is 7.23 Å². The first-order chi connectivity index (χ1) is 13.6.